The highest BCUT2D eigenvalue weighted by molar-refractivity contribution is 5.66. The van der Waals surface area contributed by atoms with Gasteiger partial charge in [0.25, 0.3) is 0 Å². The Hall–Kier alpha value is -2.45. The van der Waals surface area contributed by atoms with E-state index in [4.69, 9.17) is 5.26 Å². The van der Waals surface area contributed by atoms with Gasteiger partial charge in [0.2, 0.25) is 0 Å². The molecule has 0 amide bonds. The van der Waals surface area contributed by atoms with Crippen LogP contribution < -0.4 is 10.2 Å². The summed E-state index contributed by atoms with van der Waals surface area (Å²) in [5, 5.41) is 12.1. The molecule has 0 radical (unpaired) electrons. The average molecular weight is 265 g/mol. The van der Waals surface area contributed by atoms with Gasteiger partial charge < -0.3 is 10.2 Å². The van der Waals surface area contributed by atoms with Crippen LogP contribution in [-0.2, 0) is 0 Å². The highest BCUT2D eigenvalue weighted by atomic mass is 15.2. The molecule has 0 saturated carbocycles. The Balaban J connectivity index is 1.88. The van der Waals surface area contributed by atoms with Crippen LogP contribution in [0.4, 0.5) is 5.69 Å². The monoisotopic (exact) mass is 265 g/mol. The van der Waals surface area contributed by atoms with Crippen LogP contribution in [0.5, 0.6) is 0 Å². The molecule has 3 rings (SSSR count). The molecule has 1 aliphatic rings. The number of nitrogens with one attached hydrogen (secondary N) is 1. The minimum atomic E-state index is 0.431. The molecule has 0 atom stereocenters. The molecule has 0 unspecified atom stereocenters. The number of rotatable bonds is 2. The number of pyridine rings is 2. The van der Waals surface area contributed by atoms with Gasteiger partial charge in [0, 0.05) is 49.7 Å². The van der Waals surface area contributed by atoms with Crippen molar-refractivity contribution in [2.45, 2.75) is 0 Å². The van der Waals surface area contributed by atoms with E-state index in [1.807, 2.05) is 24.5 Å². The lowest BCUT2D eigenvalue weighted by Crippen LogP contribution is -2.43. The molecule has 100 valence electrons. The molecule has 1 N–H and O–H groups in total. The summed E-state index contributed by atoms with van der Waals surface area (Å²) >= 11 is 0. The standard InChI is InChI=1S/C15H15N5/c16-8-14-2-1-12(10-19-14)13-7-15(11-18-9-13)20-5-3-17-4-6-20/h1-2,7,9-11,17H,3-6H2. The minimum Gasteiger partial charge on any atom is -0.368 e. The number of nitrogens with zero attached hydrogens (tertiary/aromatic N) is 4. The Morgan fingerprint density at radius 2 is 1.95 bits per heavy atom. The van der Waals surface area contributed by atoms with E-state index in [2.05, 4.69) is 26.3 Å². The van der Waals surface area contributed by atoms with E-state index >= 15 is 0 Å². The quantitative estimate of drug-likeness (QED) is 0.889. The van der Waals surface area contributed by atoms with Crippen molar-refractivity contribution in [3.05, 3.63) is 42.5 Å². The third-order valence-electron chi connectivity index (χ3n) is 3.42. The summed E-state index contributed by atoms with van der Waals surface area (Å²) in [6.45, 7) is 4.00. The highest BCUT2D eigenvalue weighted by Crippen LogP contribution is 2.23. The molecule has 0 aliphatic carbocycles. The molecular weight excluding hydrogens is 250 g/mol. The fourth-order valence-electron chi connectivity index (χ4n) is 2.31. The van der Waals surface area contributed by atoms with Crippen molar-refractivity contribution in [2.75, 3.05) is 31.1 Å². The Kier molecular flexibility index (Phi) is 3.57. The van der Waals surface area contributed by atoms with Crippen LogP contribution >= 0.6 is 0 Å². The maximum Gasteiger partial charge on any atom is 0.140 e. The van der Waals surface area contributed by atoms with Gasteiger partial charge >= 0.3 is 0 Å². The lowest BCUT2D eigenvalue weighted by atomic mass is 10.1. The van der Waals surface area contributed by atoms with Gasteiger partial charge in [0.05, 0.1) is 11.9 Å². The van der Waals surface area contributed by atoms with E-state index in [-0.39, 0.29) is 0 Å². The van der Waals surface area contributed by atoms with Crippen LogP contribution in [0.15, 0.2) is 36.8 Å². The van der Waals surface area contributed by atoms with E-state index < -0.39 is 0 Å². The molecular formula is C15H15N5. The van der Waals surface area contributed by atoms with E-state index in [0.717, 1.165) is 43.0 Å². The first kappa shape index (κ1) is 12.6. The van der Waals surface area contributed by atoms with Gasteiger partial charge in [-0.05, 0) is 18.2 Å². The van der Waals surface area contributed by atoms with Crippen LogP contribution in [0.1, 0.15) is 5.69 Å². The van der Waals surface area contributed by atoms with Crippen molar-refractivity contribution in [1.29, 1.82) is 5.26 Å². The summed E-state index contributed by atoms with van der Waals surface area (Å²) in [6, 6.07) is 7.79. The zero-order chi connectivity index (χ0) is 13.8. The molecule has 20 heavy (non-hydrogen) atoms. The van der Waals surface area contributed by atoms with Crippen LogP contribution in [0.2, 0.25) is 0 Å². The van der Waals surface area contributed by atoms with E-state index in [0.29, 0.717) is 5.69 Å². The van der Waals surface area contributed by atoms with Gasteiger partial charge in [-0.3, -0.25) is 4.98 Å². The predicted molar refractivity (Wildman–Crippen MR) is 77.3 cm³/mol. The van der Waals surface area contributed by atoms with Gasteiger partial charge in [-0.1, -0.05) is 0 Å². The van der Waals surface area contributed by atoms with E-state index in [1.54, 1.807) is 12.3 Å². The molecule has 5 heteroatoms. The molecule has 1 fully saturated rings. The largest absolute Gasteiger partial charge is 0.368 e. The zero-order valence-electron chi connectivity index (χ0n) is 11.1. The smallest absolute Gasteiger partial charge is 0.140 e. The number of nitriles is 1. The van der Waals surface area contributed by atoms with Crippen LogP contribution in [-0.4, -0.2) is 36.1 Å². The molecule has 1 aliphatic heterocycles. The molecule has 1 saturated heterocycles. The molecule has 0 bridgehead atoms. The second kappa shape index (κ2) is 5.68. The normalized spacial score (nSPS) is 14.8. The van der Waals surface area contributed by atoms with Crippen LogP contribution in [0.3, 0.4) is 0 Å². The van der Waals surface area contributed by atoms with Crippen molar-refractivity contribution in [3.63, 3.8) is 0 Å². The maximum atomic E-state index is 8.78. The topological polar surface area (TPSA) is 64.8 Å². The summed E-state index contributed by atoms with van der Waals surface area (Å²) in [5.74, 6) is 0. The minimum absolute atomic E-state index is 0.431. The first-order chi connectivity index (χ1) is 9.86. The number of anilines is 1. The summed E-state index contributed by atoms with van der Waals surface area (Å²) in [6.07, 6.45) is 5.44. The van der Waals surface area contributed by atoms with Crippen molar-refractivity contribution in [2.24, 2.45) is 0 Å². The third-order valence-corrected chi connectivity index (χ3v) is 3.42. The number of hydrogen-bond acceptors (Lipinski definition) is 5. The summed E-state index contributed by atoms with van der Waals surface area (Å²) < 4.78 is 0. The summed E-state index contributed by atoms with van der Waals surface area (Å²) in [5.41, 5.74) is 3.57. The Labute approximate surface area is 117 Å². The van der Waals surface area contributed by atoms with Crippen LogP contribution in [0.25, 0.3) is 11.1 Å². The first-order valence-electron chi connectivity index (χ1n) is 6.64. The fraction of sp³-hybridized carbons (Fsp3) is 0.267. The highest BCUT2D eigenvalue weighted by Gasteiger charge is 2.11. The Morgan fingerprint density at radius 3 is 2.65 bits per heavy atom. The average Bonchev–Trinajstić information content (AvgIpc) is 2.56. The second-order valence-electron chi connectivity index (χ2n) is 4.71. The van der Waals surface area contributed by atoms with Crippen molar-refractivity contribution in [1.82, 2.24) is 15.3 Å². The van der Waals surface area contributed by atoms with E-state index in [1.165, 1.54) is 0 Å². The third kappa shape index (κ3) is 2.60. The molecule has 0 aromatic carbocycles. The predicted octanol–water partition coefficient (Wildman–Crippen LogP) is 1.42. The molecule has 3 heterocycles. The van der Waals surface area contributed by atoms with Crippen molar-refractivity contribution >= 4 is 5.69 Å². The molecule has 2 aromatic rings. The number of hydrogen-bond donors (Lipinski definition) is 1. The fourth-order valence-corrected chi connectivity index (χ4v) is 2.31. The van der Waals surface area contributed by atoms with Gasteiger partial charge in [0.1, 0.15) is 11.8 Å². The second-order valence-corrected chi connectivity index (χ2v) is 4.71. The van der Waals surface area contributed by atoms with Crippen molar-refractivity contribution < 1.29 is 0 Å². The van der Waals surface area contributed by atoms with Gasteiger partial charge in [-0.25, -0.2) is 4.98 Å². The first-order valence-corrected chi connectivity index (χ1v) is 6.64. The Morgan fingerprint density at radius 1 is 1.10 bits per heavy atom. The summed E-state index contributed by atoms with van der Waals surface area (Å²) in [7, 11) is 0. The maximum absolute atomic E-state index is 8.78. The van der Waals surface area contributed by atoms with Crippen molar-refractivity contribution in [3.8, 4) is 17.2 Å². The van der Waals surface area contributed by atoms with E-state index in [9.17, 15) is 0 Å². The lowest BCUT2D eigenvalue weighted by Gasteiger charge is -2.29. The number of aromatic nitrogens is 2. The molecule has 5 nitrogen and oxygen atoms in total. The molecule has 0 spiro atoms. The zero-order valence-corrected chi connectivity index (χ0v) is 11.1. The SMILES string of the molecule is N#Cc1ccc(-c2cncc(N3CCNCC3)c2)cn1. The lowest BCUT2D eigenvalue weighted by molar-refractivity contribution is 0.589. The Bertz CT molecular complexity index is 623. The van der Waals surface area contributed by atoms with Gasteiger partial charge in [-0.2, -0.15) is 5.26 Å². The summed E-state index contributed by atoms with van der Waals surface area (Å²) in [4.78, 5) is 10.8. The number of piperazine rings is 1. The molecule has 2 aromatic heterocycles. The van der Waals surface area contributed by atoms with Gasteiger partial charge in [0.15, 0.2) is 0 Å². The van der Waals surface area contributed by atoms with Gasteiger partial charge in [-0.15, -0.1) is 0 Å². The van der Waals surface area contributed by atoms with Crippen LogP contribution in [0, 0.1) is 11.3 Å².